The lowest BCUT2D eigenvalue weighted by molar-refractivity contribution is 0.0746. The Balaban J connectivity index is 1.47. The van der Waals surface area contributed by atoms with E-state index in [2.05, 4.69) is 9.97 Å². The van der Waals surface area contributed by atoms with E-state index in [1.165, 1.54) is 18.2 Å². The van der Waals surface area contributed by atoms with Gasteiger partial charge in [-0.15, -0.1) is 0 Å². The molecule has 1 amide bonds. The Morgan fingerprint density at radius 3 is 2.37 bits per heavy atom. The van der Waals surface area contributed by atoms with E-state index in [0.717, 1.165) is 0 Å². The maximum Gasteiger partial charge on any atom is 0.254 e. The normalized spacial score (nSPS) is 21.5. The van der Waals surface area contributed by atoms with E-state index in [-0.39, 0.29) is 34.3 Å². The topological polar surface area (TPSA) is 118 Å². The molecule has 11 heteroatoms. The van der Waals surface area contributed by atoms with Crippen LogP contribution < -0.4 is 4.90 Å². The standard InChI is InChI=1S/C19H22N4O5S2/c24-18(22-8-10-23(11-9-22)19-20-6-2-7-21-19)15-3-1-4-16(13-15)30(27,28)17-5-12-29(25,26)14-17/h1-4,6-7,13,17H,5,8-12,14H2. The van der Waals surface area contributed by atoms with Gasteiger partial charge in [0.2, 0.25) is 5.95 Å². The number of nitrogens with zero attached hydrogens (tertiary/aromatic N) is 4. The maximum absolute atomic E-state index is 12.9. The number of rotatable bonds is 4. The van der Waals surface area contributed by atoms with E-state index in [1.807, 2.05) is 4.90 Å². The van der Waals surface area contributed by atoms with E-state index in [0.29, 0.717) is 32.1 Å². The second-order valence-corrected chi connectivity index (χ2v) is 11.9. The Bertz CT molecular complexity index is 1140. The maximum atomic E-state index is 12.9. The summed E-state index contributed by atoms with van der Waals surface area (Å²) < 4.78 is 49.1. The first kappa shape index (κ1) is 20.7. The molecule has 30 heavy (non-hydrogen) atoms. The zero-order valence-electron chi connectivity index (χ0n) is 16.2. The lowest BCUT2D eigenvalue weighted by Gasteiger charge is -2.34. The summed E-state index contributed by atoms with van der Waals surface area (Å²) in [5.41, 5.74) is 0.279. The highest BCUT2D eigenvalue weighted by Gasteiger charge is 2.38. The average molecular weight is 451 g/mol. The molecule has 1 aromatic carbocycles. The lowest BCUT2D eigenvalue weighted by atomic mass is 10.2. The van der Waals surface area contributed by atoms with E-state index in [9.17, 15) is 21.6 Å². The van der Waals surface area contributed by atoms with Gasteiger partial charge < -0.3 is 9.80 Å². The molecule has 0 saturated carbocycles. The molecule has 0 aliphatic carbocycles. The molecule has 0 N–H and O–H groups in total. The third-order valence-electron chi connectivity index (χ3n) is 5.44. The van der Waals surface area contributed by atoms with Gasteiger partial charge in [-0.05, 0) is 30.7 Å². The van der Waals surface area contributed by atoms with Gasteiger partial charge in [-0.25, -0.2) is 26.8 Å². The van der Waals surface area contributed by atoms with Crippen LogP contribution in [0.15, 0.2) is 47.6 Å². The quantitative estimate of drug-likeness (QED) is 0.657. The highest BCUT2D eigenvalue weighted by Crippen LogP contribution is 2.26. The molecular weight excluding hydrogens is 428 g/mol. The lowest BCUT2D eigenvalue weighted by Crippen LogP contribution is -2.49. The molecular formula is C19H22N4O5S2. The molecule has 0 radical (unpaired) electrons. The Labute approximate surface area is 175 Å². The Hall–Kier alpha value is -2.53. The number of anilines is 1. The summed E-state index contributed by atoms with van der Waals surface area (Å²) in [6.45, 7) is 2.09. The molecule has 2 aromatic rings. The molecule has 1 atom stereocenters. The van der Waals surface area contributed by atoms with E-state index < -0.39 is 24.9 Å². The van der Waals surface area contributed by atoms with Gasteiger partial charge in [0.15, 0.2) is 19.7 Å². The molecule has 0 bridgehead atoms. The number of piperazine rings is 1. The first-order valence-electron chi connectivity index (χ1n) is 9.62. The summed E-state index contributed by atoms with van der Waals surface area (Å²) in [5, 5.41) is -0.956. The number of carbonyl (C=O) groups is 1. The second kappa shape index (κ2) is 7.95. The van der Waals surface area contributed by atoms with Crippen LogP contribution >= 0.6 is 0 Å². The Kier molecular flexibility index (Phi) is 5.49. The van der Waals surface area contributed by atoms with Crippen molar-refractivity contribution in [3.8, 4) is 0 Å². The van der Waals surface area contributed by atoms with Crippen molar-refractivity contribution in [2.75, 3.05) is 42.6 Å². The molecule has 9 nitrogen and oxygen atoms in total. The Morgan fingerprint density at radius 2 is 1.73 bits per heavy atom. The fourth-order valence-electron chi connectivity index (χ4n) is 3.75. The minimum atomic E-state index is -3.82. The molecule has 2 saturated heterocycles. The first-order chi connectivity index (χ1) is 14.3. The summed E-state index contributed by atoms with van der Waals surface area (Å²) >= 11 is 0. The fraction of sp³-hybridized carbons (Fsp3) is 0.421. The number of benzene rings is 1. The van der Waals surface area contributed by atoms with Gasteiger partial charge >= 0.3 is 0 Å². The van der Waals surface area contributed by atoms with Crippen LogP contribution in [-0.4, -0.2) is 80.5 Å². The third kappa shape index (κ3) is 4.17. The zero-order valence-corrected chi connectivity index (χ0v) is 17.8. The molecule has 1 unspecified atom stereocenters. The Morgan fingerprint density at radius 1 is 1.03 bits per heavy atom. The summed E-state index contributed by atoms with van der Waals surface area (Å²) in [6.07, 6.45) is 3.43. The van der Waals surface area contributed by atoms with Crippen LogP contribution in [0.4, 0.5) is 5.95 Å². The van der Waals surface area contributed by atoms with Crippen molar-refractivity contribution in [2.45, 2.75) is 16.6 Å². The third-order valence-corrected chi connectivity index (χ3v) is 9.61. The minimum Gasteiger partial charge on any atom is -0.337 e. The van der Waals surface area contributed by atoms with Gasteiger partial charge in [-0.3, -0.25) is 4.79 Å². The molecule has 2 aliphatic rings. The summed E-state index contributed by atoms with van der Waals surface area (Å²) in [4.78, 5) is 25.0. The van der Waals surface area contributed by atoms with Gasteiger partial charge in [-0.1, -0.05) is 6.07 Å². The monoisotopic (exact) mass is 450 g/mol. The van der Waals surface area contributed by atoms with Gasteiger partial charge in [-0.2, -0.15) is 0 Å². The zero-order chi connectivity index (χ0) is 21.4. The second-order valence-electron chi connectivity index (χ2n) is 7.43. The van der Waals surface area contributed by atoms with Crippen LogP contribution in [-0.2, 0) is 19.7 Å². The molecule has 160 valence electrons. The van der Waals surface area contributed by atoms with Gasteiger partial charge in [0.05, 0.1) is 21.7 Å². The van der Waals surface area contributed by atoms with Gasteiger partial charge in [0, 0.05) is 44.1 Å². The van der Waals surface area contributed by atoms with Gasteiger partial charge in [0.1, 0.15) is 0 Å². The van der Waals surface area contributed by atoms with Crippen molar-refractivity contribution in [1.29, 1.82) is 0 Å². The predicted octanol–water partition coefficient (Wildman–Crippen LogP) is 0.400. The fourth-order valence-corrected chi connectivity index (χ4v) is 8.15. The average Bonchev–Trinajstić information content (AvgIpc) is 3.14. The number of sulfone groups is 2. The SMILES string of the molecule is O=C(c1cccc(S(=O)(=O)C2CCS(=O)(=O)C2)c1)N1CCN(c2ncccn2)CC1. The van der Waals surface area contributed by atoms with Crippen LogP contribution in [0.3, 0.4) is 0 Å². The summed E-state index contributed by atoms with van der Waals surface area (Å²) in [7, 11) is -7.14. The largest absolute Gasteiger partial charge is 0.337 e. The molecule has 2 fully saturated rings. The number of amides is 1. The highest BCUT2D eigenvalue weighted by atomic mass is 32.2. The van der Waals surface area contributed by atoms with Crippen LogP contribution in [0.5, 0.6) is 0 Å². The molecule has 3 heterocycles. The first-order valence-corrected chi connectivity index (χ1v) is 13.0. The predicted molar refractivity (Wildman–Crippen MR) is 111 cm³/mol. The van der Waals surface area contributed by atoms with Gasteiger partial charge in [0.25, 0.3) is 5.91 Å². The van der Waals surface area contributed by atoms with Crippen molar-refractivity contribution in [1.82, 2.24) is 14.9 Å². The highest BCUT2D eigenvalue weighted by molar-refractivity contribution is 7.96. The number of hydrogen-bond donors (Lipinski definition) is 0. The van der Waals surface area contributed by atoms with E-state index in [4.69, 9.17) is 0 Å². The number of hydrogen-bond acceptors (Lipinski definition) is 8. The van der Waals surface area contributed by atoms with Crippen molar-refractivity contribution < 1.29 is 21.6 Å². The van der Waals surface area contributed by atoms with Crippen molar-refractivity contribution in [2.24, 2.45) is 0 Å². The van der Waals surface area contributed by atoms with Crippen LogP contribution in [0.1, 0.15) is 16.8 Å². The van der Waals surface area contributed by atoms with Crippen LogP contribution in [0.2, 0.25) is 0 Å². The van der Waals surface area contributed by atoms with E-state index >= 15 is 0 Å². The van der Waals surface area contributed by atoms with E-state index in [1.54, 1.807) is 29.4 Å². The smallest absolute Gasteiger partial charge is 0.254 e. The number of aromatic nitrogens is 2. The molecule has 2 aliphatic heterocycles. The molecule has 0 spiro atoms. The van der Waals surface area contributed by atoms with Crippen molar-refractivity contribution >= 4 is 31.5 Å². The van der Waals surface area contributed by atoms with Crippen molar-refractivity contribution in [3.05, 3.63) is 48.3 Å². The minimum absolute atomic E-state index is 0.00762. The number of carbonyl (C=O) groups excluding carboxylic acids is 1. The van der Waals surface area contributed by atoms with Crippen molar-refractivity contribution in [3.63, 3.8) is 0 Å². The summed E-state index contributed by atoms with van der Waals surface area (Å²) in [5.74, 6) is -0.119. The molecule has 4 rings (SSSR count). The summed E-state index contributed by atoms with van der Waals surface area (Å²) in [6, 6.07) is 7.62. The molecule has 1 aromatic heterocycles. The van der Waals surface area contributed by atoms with Crippen LogP contribution in [0, 0.1) is 0 Å². The van der Waals surface area contributed by atoms with Crippen LogP contribution in [0.25, 0.3) is 0 Å².